The summed E-state index contributed by atoms with van der Waals surface area (Å²) < 4.78 is 5.62. The van der Waals surface area contributed by atoms with E-state index in [0.717, 1.165) is 27.8 Å². The van der Waals surface area contributed by atoms with Gasteiger partial charge in [0.15, 0.2) is 5.78 Å². The van der Waals surface area contributed by atoms with Crippen LogP contribution in [0.2, 0.25) is 5.02 Å². The Balaban J connectivity index is 0.000000392. The zero-order chi connectivity index (χ0) is 31.2. The average molecular weight is 593 g/mol. The van der Waals surface area contributed by atoms with Crippen molar-refractivity contribution in [3.05, 3.63) is 63.3 Å². The number of ether oxygens (including phenoxy) is 1. The van der Waals surface area contributed by atoms with Crippen molar-refractivity contribution in [2.75, 3.05) is 18.0 Å². The number of benzene rings is 2. The number of nitriles is 1. The molecule has 224 valence electrons. The van der Waals surface area contributed by atoms with E-state index in [9.17, 15) is 14.9 Å². The van der Waals surface area contributed by atoms with Gasteiger partial charge in [0.25, 0.3) is 0 Å². The molecule has 0 saturated carbocycles. The summed E-state index contributed by atoms with van der Waals surface area (Å²) in [6.45, 7) is 17.9. The Labute approximate surface area is 253 Å². The van der Waals surface area contributed by atoms with E-state index < -0.39 is 11.5 Å². The minimum Gasteiger partial charge on any atom is -0.465 e. The topological polar surface area (TPSA) is 118 Å². The number of aromatic amines is 1. The molecule has 1 aliphatic carbocycles. The number of H-pyrrole nitrogens is 1. The van der Waals surface area contributed by atoms with Crippen LogP contribution in [0, 0.1) is 11.3 Å². The third kappa shape index (κ3) is 6.58. The third-order valence-corrected chi connectivity index (χ3v) is 7.86. The van der Waals surface area contributed by atoms with E-state index >= 15 is 0 Å². The standard InChI is InChI=1S/C25H23ClN4O3.C8H18O/c1-25(2)17-11-20(30-7-5-14(6-8-30)28-24(32)33)18(26)10-16(17)22(31)21-15-4-3-13(12-27)9-19(15)29-23(21)25;1-7(2,3)9-8(4,5)6/h3-4,9-11,14,28-29H,5-8H2,1-2H3,(H,32,33);1-6H3. The number of amides is 1. The molecule has 5 rings (SSSR count). The molecule has 3 aromatic rings. The maximum atomic E-state index is 13.6. The first-order valence-corrected chi connectivity index (χ1v) is 14.7. The quantitative estimate of drug-likeness (QED) is 0.285. The first kappa shape index (κ1) is 31.4. The lowest BCUT2D eigenvalue weighted by atomic mass is 9.71. The number of carbonyl (C=O) groups excluding carboxylic acids is 1. The van der Waals surface area contributed by atoms with E-state index in [0.29, 0.717) is 47.6 Å². The second-order valence-electron chi connectivity index (χ2n) is 13.6. The Hall–Kier alpha value is -3.54. The van der Waals surface area contributed by atoms with Crippen molar-refractivity contribution >= 4 is 40.1 Å². The van der Waals surface area contributed by atoms with Crippen LogP contribution in [0.1, 0.15) is 101 Å². The van der Waals surface area contributed by atoms with Crippen LogP contribution in [0.15, 0.2) is 30.3 Å². The number of piperidine rings is 1. The maximum Gasteiger partial charge on any atom is 0.404 e. The second kappa shape index (κ2) is 11.3. The van der Waals surface area contributed by atoms with Crippen LogP contribution >= 0.6 is 11.6 Å². The molecule has 1 amide bonds. The van der Waals surface area contributed by atoms with Crippen LogP contribution in [0.3, 0.4) is 0 Å². The zero-order valence-electron chi connectivity index (χ0n) is 25.7. The maximum absolute atomic E-state index is 13.6. The van der Waals surface area contributed by atoms with Crippen molar-refractivity contribution in [1.82, 2.24) is 10.3 Å². The van der Waals surface area contributed by atoms with Crippen LogP contribution in [0.4, 0.5) is 10.5 Å². The van der Waals surface area contributed by atoms with E-state index in [4.69, 9.17) is 21.4 Å². The van der Waals surface area contributed by atoms with E-state index in [1.807, 2.05) is 12.1 Å². The Morgan fingerprint density at radius 1 is 1.12 bits per heavy atom. The van der Waals surface area contributed by atoms with Crippen molar-refractivity contribution in [3.8, 4) is 6.07 Å². The molecule has 1 aliphatic heterocycles. The van der Waals surface area contributed by atoms with E-state index in [2.05, 4.69) is 76.7 Å². The third-order valence-electron chi connectivity index (χ3n) is 7.56. The fourth-order valence-corrected chi connectivity index (χ4v) is 6.39. The molecule has 1 saturated heterocycles. The van der Waals surface area contributed by atoms with E-state index in [1.54, 1.807) is 18.2 Å². The number of carbonyl (C=O) groups is 2. The number of ketones is 1. The minimum atomic E-state index is -1.00. The summed E-state index contributed by atoms with van der Waals surface area (Å²) in [5, 5.41) is 22.1. The molecule has 1 fully saturated rings. The number of carboxylic acid groups (broad SMARTS) is 1. The highest BCUT2D eigenvalue weighted by molar-refractivity contribution is 6.34. The van der Waals surface area contributed by atoms with E-state index in [-0.39, 0.29) is 23.0 Å². The van der Waals surface area contributed by atoms with Crippen LogP contribution in [-0.4, -0.2) is 52.3 Å². The summed E-state index contributed by atoms with van der Waals surface area (Å²) >= 11 is 6.69. The molecule has 9 heteroatoms. The normalized spacial score (nSPS) is 16.7. The fraction of sp³-hybridized carbons (Fsp3) is 0.485. The number of halogens is 1. The number of hydrogen-bond acceptors (Lipinski definition) is 5. The van der Waals surface area contributed by atoms with Crippen molar-refractivity contribution < 1.29 is 19.4 Å². The summed E-state index contributed by atoms with van der Waals surface area (Å²) in [6, 6.07) is 11.2. The predicted molar refractivity (Wildman–Crippen MR) is 167 cm³/mol. The molecule has 1 aromatic heterocycles. The van der Waals surface area contributed by atoms with Gasteiger partial charge < -0.3 is 25.0 Å². The minimum absolute atomic E-state index is 0.0156. The molecule has 0 unspecified atom stereocenters. The van der Waals surface area contributed by atoms with Gasteiger partial charge in [-0.25, -0.2) is 4.79 Å². The second-order valence-corrected chi connectivity index (χ2v) is 14.0. The number of hydrogen-bond donors (Lipinski definition) is 3. The van der Waals surface area contributed by atoms with Gasteiger partial charge in [0, 0.05) is 46.7 Å². The highest BCUT2D eigenvalue weighted by Crippen LogP contribution is 2.46. The molecule has 0 atom stereocenters. The van der Waals surface area contributed by atoms with Crippen LogP contribution in [0.25, 0.3) is 10.9 Å². The van der Waals surface area contributed by atoms with Crippen molar-refractivity contribution in [2.45, 2.75) is 90.9 Å². The van der Waals surface area contributed by atoms with Crippen molar-refractivity contribution in [1.29, 1.82) is 5.26 Å². The van der Waals surface area contributed by atoms with Gasteiger partial charge in [-0.1, -0.05) is 31.5 Å². The highest BCUT2D eigenvalue weighted by atomic mass is 35.5. The molecule has 2 aliphatic rings. The van der Waals surface area contributed by atoms with Crippen molar-refractivity contribution in [3.63, 3.8) is 0 Å². The van der Waals surface area contributed by atoms with Gasteiger partial charge in [-0.15, -0.1) is 0 Å². The largest absolute Gasteiger partial charge is 0.465 e. The van der Waals surface area contributed by atoms with Gasteiger partial charge in [-0.3, -0.25) is 4.79 Å². The van der Waals surface area contributed by atoms with Gasteiger partial charge in [-0.05, 0) is 84.2 Å². The number of aromatic nitrogens is 1. The lowest BCUT2D eigenvalue weighted by Gasteiger charge is -2.37. The Morgan fingerprint density at radius 3 is 2.26 bits per heavy atom. The van der Waals surface area contributed by atoms with Gasteiger partial charge in [-0.2, -0.15) is 5.26 Å². The highest BCUT2D eigenvalue weighted by Gasteiger charge is 2.40. The summed E-state index contributed by atoms with van der Waals surface area (Å²) in [5.74, 6) is -0.0758. The molecule has 42 heavy (non-hydrogen) atoms. The first-order chi connectivity index (χ1) is 19.4. The average Bonchev–Trinajstić information content (AvgIpc) is 3.26. The number of anilines is 1. The first-order valence-electron chi connectivity index (χ1n) is 14.3. The number of rotatable bonds is 2. The Bertz CT molecular complexity index is 1550. The zero-order valence-corrected chi connectivity index (χ0v) is 26.5. The molecular weight excluding hydrogens is 552 g/mol. The fourth-order valence-electron chi connectivity index (χ4n) is 6.11. The number of nitrogens with zero attached hydrogens (tertiary/aromatic N) is 2. The predicted octanol–water partition coefficient (Wildman–Crippen LogP) is 7.40. The van der Waals surface area contributed by atoms with Gasteiger partial charge in [0.2, 0.25) is 0 Å². The molecule has 3 N–H and O–H groups in total. The molecule has 0 radical (unpaired) electrons. The van der Waals surface area contributed by atoms with Crippen LogP contribution in [0.5, 0.6) is 0 Å². The monoisotopic (exact) mass is 592 g/mol. The summed E-state index contributed by atoms with van der Waals surface area (Å²) in [5.41, 5.74) is 4.62. The van der Waals surface area contributed by atoms with Crippen molar-refractivity contribution in [2.24, 2.45) is 0 Å². The molecule has 2 heterocycles. The lowest BCUT2D eigenvalue weighted by Crippen LogP contribution is -2.44. The van der Waals surface area contributed by atoms with Gasteiger partial charge in [0.1, 0.15) is 0 Å². The van der Waals surface area contributed by atoms with Gasteiger partial charge >= 0.3 is 6.09 Å². The molecule has 0 bridgehead atoms. The smallest absolute Gasteiger partial charge is 0.404 e. The van der Waals surface area contributed by atoms with Crippen LogP contribution < -0.4 is 10.2 Å². The Morgan fingerprint density at radius 2 is 1.74 bits per heavy atom. The summed E-state index contributed by atoms with van der Waals surface area (Å²) in [6.07, 6.45) is 0.377. The number of fused-ring (bicyclic) bond motifs is 4. The SMILES string of the molecule is CC(C)(C)OC(C)(C)C.CC1(C)c2cc(N3CCC(NC(=O)O)CC3)c(Cl)cc2C(=O)c2c1[nH]c1cc(C#N)ccc21. The number of nitrogens with one attached hydrogen (secondary N) is 2. The molecule has 2 aromatic carbocycles. The van der Waals surface area contributed by atoms with Gasteiger partial charge in [0.05, 0.1) is 39.1 Å². The van der Waals surface area contributed by atoms with Crippen LogP contribution in [-0.2, 0) is 10.2 Å². The van der Waals surface area contributed by atoms with E-state index in [1.165, 1.54) is 0 Å². The molecular formula is C33H41ClN4O4. The summed E-state index contributed by atoms with van der Waals surface area (Å²) in [7, 11) is 0. The Kier molecular flexibility index (Phi) is 8.43. The summed E-state index contributed by atoms with van der Waals surface area (Å²) in [4.78, 5) is 30.1. The molecule has 0 spiro atoms. The molecule has 8 nitrogen and oxygen atoms in total. The lowest BCUT2D eigenvalue weighted by molar-refractivity contribution is -0.102.